The van der Waals surface area contributed by atoms with Crippen molar-refractivity contribution in [2.45, 2.75) is 19.4 Å². The van der Waals surface area contributed by atoms with Crippen LogP contribution in [0.4, 0.5) is 5.69 Å². The van der Waals surface area contributed by atoms with Crippen molar-refractivity contribution >= 4 is 22.5 Å². The Labute approximate surface area is 145 Å². The van der Waals surface area contributed by atoms with E-state index in [0.717, 1.165) is 23.7 Å². The maximum atomic E-state index is 12.1. The number of hydrogen-bond donors (Lipinski definition) is 1. The van der Waals surface area contributed by atoms with E-state index < -0.39 is 5.91 Å². The Kier molecular flexibility index (Phi) is 5.04. The highest BCUT2D eigenvalue weighted by Crippen LogP contribution is 2.39. The lowest BCUT2D eigenvalue weighted by Crippen LogP contribution is -1.96. The van der Waals surface area contributed by atoms with Gasteiger partial charge in [0.15, 0.2) is 5.69 Å². The fourth-order valence-corrected chi connectivity index (χ4v) is 2.72. The Bertz CT molecular complexity index is 927. The third kappa shape index (κ3) is 3.50. The molecule has 0 aliphatic heterocycles. The van der Waals surface area contributed by atoms with Gasteiger partial charge in [0.05, 0.1) is 5.52 Å². The van der Waals surface area contributed by atoms with Gasteiger partial charge in [-0.3, -0.25) is 4.79 Å². The monoisotopic (exact) mass is 333 g/mol. The van der Waals surface area contributed by atoms with Gasteiger partial charge in [-0.05, 0) is 31.0 Å². The molecule has 0 unspecified atom stereocenters. The first-order valence-corrected chi connectivity index (χ1v) is 8.14. The van der Waals surface area contributed by atoms with Crippen molar-refractivity contribution in [2.75, 3.05) is 0 Å². The lowest BCUT2D eigenvalue weighted by Gasteiger charge is -2.05. The molecule has 0 bridgehead atoms. The minimum Gasteiger partial charge on any atom is -0.493 e. The molecule has 0 radical (unpaired) electrons. The summed E-state index contributed by atoms with van der Waals surface area (Å²) < 4.78 is 1.79. The molecule has 0 saturated carbocycles. The van der Waals surface area contributed by atoms with E-state index in [0.29, 0.717) is 17.8 Å². The van der Waals surface area contributed by atoms with Gasteiger partial charge >= 0.3 is 0 Å². The first-order chi connectivity index (χ1) is 12.2. The van der Waals surface area contributed by atoms with Gasteiger partial charge in [-0.25, -0.2) is 0 Å². The van der Waals surface area contributed by atoms with Crippen molar-refractivity contribution in [1.29, 1.82) is 0 Å². The Morgan fingerprint density at radius 2 is 1.84 bits per heavy atom. The molecule has 1 heterocycles. The van der Waals surface area contributed by atoms with Crippen LogP contribution in [0.1, 0.15) is 23.2 Å². The Morgan fingerprint density at radius 3 is 2.60 bits per heavy atom. The highest BCUT2D eigenvalue weighted by Gasteiger charge is 2.16. The highest BCUT2D eigenvalue weighted by molar-refractivity contribution is 5.97. The Balaban J connectivity index is 1.96. The van der Waals surface area contributed by atoms with Crippen molar-refractivity contribution in [1.82, 2.24) is 4.57 Å². The predicted octanol–water partition coefficient (Wildman–Crippen LogP) is 5.24. The van der Waals surface area contributed by atoms with Crippen molar-refractivity contribution in [3.63, 3.8) is 0 Å². The van der Waals surface area contributed by atoms with E-state index in [1.165, 1.54) is 0 Å². The number of allylic oxidation sites excluding steroid dienone is 1. The molecule has 3 rings (SSSR count). The molecule has 0 spiro atoms. The van der Waals surface area contributed by atoms with Gasteiger partial charge in [0.2, 0.25) is 5.88 Å². The number of aromatic nitrogens is 1. The number of unbranched alkanes of at least 4 members (excludes halogenated alkanes) is 1. The number of rotatable bonds is 6. The number of fused-ring (bicyclic) bond motifs is 1. The maximum absolute atomic E-state index is 12.1. The first kappa shape index (κ1) is 16.6. The van der Waals surface area contributed by atoms with E-state index in [1.807, 2.05) is 36.4 Å². The zero-order chi connectivity index (χ0) is 17.6. The van der Waals surface area contributed by atoms with Crippen LogP contribution in [-0.2, 0) is 6.54 Å². The molecule has 1 amide bonds. The minimum absolute atomic E-state index is 0.0230. The van der Waals surface area contributed by atoms with Gasteiger partial charge in [-0.2, -0.15) is 0 Å². The third-order valence-electron chi connectivity index (χ3n) is 3.97. The Morgan fingerprint density at radius 1 is 1.12 bits per heavy atom. The SMILES string of the molecule is C=CCCCn1c(O)c(N=NC(=O)c2ccccc2)c2ccccc21. The summed E-state index contributed by atoms with van der Waals surface area (Å²) in [5.74, 6) is -0.418. The van der Waals surface area contributed by atoms with Gasteiger partial charge in [0, 0.05) is 17.5 Å². The smallest absolute Gasteiger partial charge is 0.295 e. The van der Waals surface area contributed by atoms with Crippen molar-refractivity contribution in [2.24, 2.45) is 10.2 Å². The van der Waals surface area contributed by atoms with Crippen molar-refractivity contribution in [3.8, 4) is 5.88 Å². The molecule has 0 aliphatic rings. The number of para-hydroxylation sites is 1. The van der Waals surface area contributed by atoms with Crippen LogP contribution in [0.5, 0.6) is 5.88 Å². The third-order valence-corrected chi connectivity index (χ3v) is 3.97. The van der Waals surface area contributed by atoms with Gasteiger partial charge in [0.25, 0.3) is 5.91 Å². The highest BCUT2D eigenvalue weighted by atomic mass is 16.3. The van der Waals surface area contributed by atoms with E-state index in [2.05, 4.69) is 16.8 Å². The van der Waals surface area contributed by atoms with Crippen LogP contribution in [0, 0.1) is 0 Å². The van der Waals surface area contributed by atoms with Crippen LogP contribution in [0.3, 0.4) is 0 Å². The summed E-state index contributed by atoms with van der Waals surface area (Å²) in [5.41, 5.74) is 1.64. The molecule has 1 N–H and O–H groups in total. The number of nitrogens with zero attached hydrogens (tertiary/aromatic N) is 3. The molecule has 25 heavy (non-hydrogen) atoms. The average Bonchev–Trinajstić information content (AvgIpc) is 2.92. The molecular weight excluding hydrogens is 314 g/mol. The maximum Gasteiger partial charge on any atom is 0.295 e. The lowest BCUT2D eigenvalue weighted by molar-refractivity contribution is 0.0995. The molecule has 2 aromatic carbocycles. The topological polar surface area (TPSA) is 66.9 Å². The van der Waals surface area contributed by atoms with Crippen molar-refractivity contribution < 1.29 is 9.90 Å². The number of carbonyl (C=O) groups excluding carboxylic acids is 1. The second kappa shape index (κ2) is 7.57. The molecular formula is C20H19N3O2. The van der Waals surface area contributed by atoms with E-state index in [-0.39, 0.29) is 5.88 Å². The van der Waals surface area contributed by atoms with Gasteiger partial charge < -0.3 is 9.67 Å². The molecule has 0 saturated heterocycles. The second-order valence-electron chi connectivity index (χ2n) is 5.64. The molecule has 3 aromatic rings. The quantitative estimate of drug-likeness (QED) is 0.381. The number of amides is 1. The summed E-state index contributed by atoms with van der Waals surface area (Å²) in [6, 6.07) is 16.3. The summed E-state index contributed by atoms with van der Waals surface area (Å²) in [5, 5.41) is 19.2. The zero-order valence-electron chi connectivity index (χ0n) is 13.8. The number of carbonyl (C=O) groups is 1. The molecule has 0 aliphatic carbocycles. The van der Waals surface area contributed by atoms with E-state index in [1.54, 1.807) is 28.8 Å². The summed E-state index contributed by atoms with van der Waals surface area (Å²) >= 11 is 0. The molecule has 0 atom stereocenters. The van der Waals surface area contributed by atoms with Crippen LogP contribution < -0.4 is 0 Å². The fourth-order valence-electron chi connectivity index (χ4n) is 2.72. The standard InChI is InChI=1S/C20H19N3O2/c1-2-3-9-14-23-17-13-8-7-12-16(17)18(20(23)25)21-22-19(24)15-10-5-4-6-11-15/h2,4-8,10-13,25H,1,3,9,14H2. The molecule has 5 nitrogen and oxygen atoms in total. The number of azo groups is 1. The second-order valence-corrected chi connectivity index (χ2v) is 5.64. The van der Waals surface area contributed by atoms with E-state index >= 15 is 0 Å². The van der Waals surface area contributed by atoms with Crippen LogP contribution in [-0.4, -0.2) is 15.6 Å². The molecule has 126 valence electrons. The number of aryl methyl sites for hydroxylation is 1. The summed E-state index contributed by atoms with van der Waals surface area (Å²) in [7, 11) is 0. The van der Waals surface area contributed by atoms with Gasteiger partial charge in [-0.15, -0.1) is 16.8 Å². The zero-order valence-corrected chi connectivity index (χ0v) is 13.8. The first-order valence-electron chi connectivity index (χ1n) is 8.14. The normalized spacial score (nSPS) is 11.2. The lowest BCUT2D eigenvalue weighted by atomic mass is 10.2. The van der Waals surface area contributed by atoms with Crippen LogP contribution in [0.15, 0.2) is 77.5 Å². The van der Waals surface area contributed by atoms with Crippen LogP contribution in [0.2, 0.25) is 0 Å². The minimum atomic E-state index is -0.441. The summed E-state index contributed by atoms with van der Waals surface area (Å²) in [6.07, 6.45) is 3.56. The molecule has 0 fully saturated rings. The molecule has 5 heteroatoms. The van der Waals surface area contributed by atoms with E-state index in [4.69, 9.17) is 0 Å². The Hall–Kier alpha value is -3.21. The summed E-state index contributed by atoms with van der Waals surface area (Å²) in [6.45, 7) is 4.36. The number of hydrogen-bond acceptors (Lipinski definition) is 3. The van der Waals surface area contributed by atoms with Gasteiger partial charge in [-0.1, -0.05) is 42.5 Å². The molecule has 1 aromatic heterocycles. The summed E-state index contributed by atoms with van der Waals surface area (Å²) in [4.78, 5) is 12.1. The predicted molar refractivity (Wildman–Crippen MR) is 98.3 cm³/mol. The van der Waals surface area contributed by atoms with E-state index in [9.17, 15) is 9.90 Å². The fraction of sp³-hybridized carbons (Fsp3) is 0.150. The number of aromatic hydroxyl groups is 1. The van der Waals surface area contributed by atoms with Crippen LogP contribution in [0.25, 0.3) is 10.9 Å². The van der Waals surface area contributed by atoms with Crippen molar-refractivity contribution in [3.05, 3.63) is 72.8 Å². The average molecular weight is 333 g/mol. The van der Waals surface area contributed by atoms with Crippen LogP contribution >= 0.6 is 0 Å². The number of benzene rings is 2. The largest absolute Gasteiger partial charge is 0.493 e. The van der Waals surface area contributed by atoms with Gasteiger partial charge in [0.1, 0.15) is 0 Å².